The maximum atomic E-state index is 14.0. The minimum atomic E-state index is -1.24. The monoisotopic (exact) mass is 438 g/mol. The van der Waals surface area contributed by atoms with Crippen LogP contribution in [0, 0.1) is 45.2 Å². The summed E-state index contributed by atoms with van der Waals surface area (Å²) in [5.74, 6) is -3.97. The molecule has 1 aromatic rings. The standard InChI is InChI=1S/C17H18F3IO2/c1-5-6-10-11(17(10,3)4)16(22)23-7-9-14(20)12(18)8(2)13(19)15(9)21/h5-6,10-11H,7H2,1-4H3/t10-,11+/m1/s1. The summed E-state index contributed by atoms with van der Waals surface area (Å²) in [6.07, 6.45) is 3.80. The van der Waals surface area contributed by atoms with Gasteiger partial charge in [0, 0.05) is 11.1 Å². The first-order valence-electron chi connectivity index (χ1n) is 7.25. The van der Waals surface area contributed by atoms with E-state index in [1.807, 2.05) is 32.9 Å². The highest BCUT2D eigenvalue weighted by atomic mass is 127. The van der Waals surface area contributed by atoms with E-state index in [0.29, 0.717) is 0 Å². The zero-order chi connectivity index (χ0) is 17.5. The van der Waals surface area contributed by atoms with Crippen LogP contribution < -0.4 is 0 Å². The first kappa shape index (κ1) is 18.3. The third kappa shape index (κ3) is 3.14. The third-order valence-corrected chi connectivity index (χ3v) is 5.62. The molecule has 1 fully saturated rings. The van der Waals surface area contributed by atoms with Gasteiger partial charge in [-0.2, -0.15) is 0 Å². The summed E-state index contributed by atoms with van der Waals surface area (Å²) < 4.78 is 46.5. The normalized spacial score (nSPS) is 22.4. The molecule has 1 saturated carbocycles. The highest BCUT2D eigenvalue weighted by molar-refractivity contribution is 14.1. The molecule has 6 heteroatoms. The predicted molar refractivity (Wildman–Crippen MR) is 89.1 cm³/mol. The van der Waals surface area contributed by atoms with Crippen LogP contribution in [0.2, 0.25) is 0 Å². The molecule has 1 aliphatic carbocycles. The van der Waals surface area contributed by atoms with Crippen LogP contribution in [0.25, 0.3) is 0 Å². The number of carbonyl (C=O) groups is 1. The van der Waals surface area contributed by atoms with E-state index < -0.39 is 30.0 Å². The summed E-state index contributed by atoms with van der Waals surface area (Å²) in [5, 5.41) is 0. The average Bonchev–Trinajstić information content (AvgIpc) is 3.04. The first-order valence-corrected chi connectivity index (χ1v) is 8.33. The van der Waals surface area contributed by atoms with Crippen LogP contribution in [-0.4, -0.2) is 5.97 Å². The summed E-state index contributed by atoms with van der Waals surface area (Å²) in [4.78, 5) is 12.2. The van der Waals surface area contributed by atoms with Crippen LogP contribution in [-0.2, 0) is 16.1 Å². The summed E-state index contributed by atoms with van der Waals surface area (Å²) in [7, 11) is 0. The molecule has 0 saturated heterocycles. The van der Waals surface area contributed by atoms with Crippen molar-refractivity contribution in [3.05, 3.63) is 44.3 Å². The van der Waals surface area contributed by atoms with Gasteiger partial charge in [0.15, 0.2) is 11.6 Å². The van der Waals surface area contributed by atoms with Crippen LogP contribution in [0.15, 0.2) is 12.2 Å². The van der Waals surface area contributed by atoms with Crippen molar-refractivity contribution in [3.8, 4) is 0 Å². The summed E-state index contributed by atoms with van der Waals surface area (Å²) in [6, 6.07) is 0. The molecule has 126 valence electrons. The molecule has 0 N–H and O–H groups in total. The van der Waals surface area contributed by atoms with E-state index in [0.717, 1.165) is 0 Å². The van der Waals surface area contributed by atoms with Gasteiger partial charge in [0.2, 0.25) is 0 Å². The maximum absolute atomic E-state index is 14.0. The van der Waals surface area contributed by atoms with Crippen LogP contribution in [0.1, 0.15) is 31.9 Å². The van der Waals surface area contributed by atoms with Crippen molar-refractivity contribution in [1.29, 1.82) is 0 Å². The number of hydrogen-bond donors (Lipinski definition) is 0. The summed E-state index contributed by atoms with van der Waals surface area (Å²) in [6.45, 7) is 6.44. The Balaban J connectivity index is 2.15. The number of hydrogen-bond acceptors (Lipinski definition) is 2. The van der Waals surface area contributed by atoms with Gasteiger partial charge in [-0.05, 0) is 47.8 Å². The number of ether oxygens (including phenoxy) is 1. The fraction of sp³-hybridized carbons (Fsp3) is 0.471. The van der Waals surface area contributed by atoms with Gasteiger partial charge in [0.25, 0.3) is 0 Å². The van der Waals surface area contributed by atoms with Crippen molar-refractivity contribution in [3.63, 3.8) is 0 Å². The van der Waals surface area contributed by atoms with Gasteiger partial charge in [0.05, 0.1) is 9.49 Å². The lowest BCUT2D eigenvalue weighted by molar-refractivity contribution is -0.147. The second kappa shape index (κ2) is 6.45. The quantitative estimate of drug-likeness (QED) is 0.289. The van der Waals surface area contributed by atoms with E-state index in [2.05, 4.69) is 0 Å². The van der Waals surface area contributed by atoms with E-state index in [4.69, 9.17) is 4.74 Å². The van der Waals surface area contributed by atoms with Gasteiger partial charge in [-0.25, -0.2) is 13.2 Å². The second-order valence-electron chi connectivity index (χ2n) is 6.32. The number of benzene rings is 1. The molecule has 2 atom stereocenters. The van der Waals surface area contributed by atoms with E-state index in [9.17, 15) is 18.0 Å². The zero-order valence-corrected chi connectivity index (χ0v) is 15.5. The van der Waals surface area contributed by atoms with Crippen molar-refractivity contribution in [2.24, 2.45) is 17.3 Å². The lowest BCUT2D eigenvalue weighted by Crippen LogP contribution is -2.13. The Labute approximate surface area is 147 Å². The lowest BCUT2D eigenvalue weighted by Gasteiger charge is -2.12. The van der Waals surface area contributed by atoms with Gasteiger partial charge in [-0.1, -0.05) is 26.0 Å². The first-order chi connectivity index (χ1) is 10.6. The van der Waals surface area contributed by atoms with Gasteiger partial charge in [0.1, 0.15) is 12.4 Å². The Morgan fingerprint density at radius 1 is 1.26 bits per heavy atom. The summed E-state index contributed by atoms with van der Waals surface area (Å²) in [5.41, 5.74) is -0.863. The molecule has 1 aromatic carbocycles. The molecular weight excluding hydrogens is 420 g/mol. The molecule has 2 rings (SSSR count). The predicted octanol–water partition coefficient (Wildman–Crippen LogP) is 4.91. The molecule has 0 radical (unpaired) electrons. The Bertz CT molecular complexity index is 654. The Hall–Kier alpha value is -1.05. The number of halogens is 4. The zero-order valence-electron chi connectivity index (χ0n) is 13.3. The van der Waals surface area contributed by atoms with Crippen molar-refractivity contribution >= 4 is 28.6 Å². The number of esters is 1. The number of carbonyl (C=O) groups excluding carboxylic acids is 1. The van der Waals surface area contributed by atoms with Crippen molar-refractivity contribution in [1.82, 2.24) is 0 Å². The Morgan fingerprint density at radius 2 is 1.87 bits per heavy atom. The maximum Gasteiger partial charge on any atom is 0.310 e. The molecule has 0 bridgehead atoms. The molecule has 1 aliphatic rings. The van der Waals surface area contributed by atoms with E-state index >= 15 is 0 Å². The highest BCUT2D eigenvalue weighted by Crippen LogP contribution is 2.59. The van der Waals surface area contributed by atoms with Crippen LogP contribution in [0.5, 0.6) is 0 Å². The third-order valence-electron chi connectivity index (χ3n) is 4.50. The van der Waals surface area contributed by atoms with Crippen LogP contribution in [0.4, 0.5) is 13.2 Å². The smallest absolute Gasteiger partial charge is 0.310 e. The minimum Gasteiger partial charge on any atom is -0.460 e. The van der Waals surface area contributed by atoms with Crippen LogP contribution in [0.3, 0.4) is 0 Å². The molecule has 2 nitrogen and oxygen atoms in total. The van der Waals surface area contributed by atoms with E-state index in [-0.39, 0.29) is 31.9 Å². The molecule has 0 aromatic heterocycles. The molecule has 0 spiro atoms. The number of allylic oxidation sites excluding steroid dienone is 2. The SMILES string of the molecule is CC=C[C@@H]1[C@@H](C(=O)OCc2c(F)c(F)c(C)c(F)c2I)C1(C)C. The van der Waals surface area contributed by atoms with Crippen LogP contribution >= 0.6 is 22.6 Å². The Kier molecular flexibility index (Phi) is 5.13. The lowest BCUT2D eigenvalue weighted by atomic mass is 10.1. The second-order valence-corrected chi connectivity index (χ2v) is 7.40. The Morgan fingerprint density at radius 3 is 2.43 bits per heavy atom. The van der Waals surface area contributed by atoms with Gasteiger partial charge < -0.3 is 4.74 Å². The molecule has 0 amide bonds. The van der Waals surface area contributed by atoms with Gasteiger partial charge >= 0.3 is 5.97 Å². The molecule has 0 unspecified atom stereocenters. The topological polar surface area (TPSA) is 26.3 Å². The fourth-order valence-electron chi connectivity index (χ4n) is 2.84. The molecular formula is C17H18F3IO2. The number of rotatable bonds is 4. The minimum absolute atomic E-state index is 0.0631. The largest absolute Gasteiger partial charge is 0.460 e. The average molecular weight is 438 g/mol. The van der Waals surface area contributed by atoms with Crippen molar-refractivity contribution in [2.75, 3.05) is 0 Å². The van der Waals surface area contributed by atoms with E-state index in [1.54, 1.807) is 22.6 Å². The molecule has 23 heavy (non-hydrogen) atoms. The summed E-state index contributed by atoms with van der Waals surface area (Å²) >= 11 is 1.59. The van der Waals surface area contributed by atoms with Crippen molar-refractivity contribution < 1.29 is 22.7 Å². The van der Waals surface area contributed by atoms with Crippen molar-refractivity contribution in [2.45, 2.75) is 34.3 Å². The van der Waals surface area contributed by atoms with E-state index in [1.165, 1.54) is 6.92 Å². The van der Waals surface area contributed by atoms with Gasteiger partial charge in [-0.3, -0.25) is 4.79 Å². The highest BCUT2D eigenvalue weighted by Gasteiger charge is 2.61. The van der Waals surface area contributed by atoms with Gasteiger partial charge in [-0.15, -0.1) is 0 Å². The molecule has 0 heterocycles. The fourth-order valence-corrected chi connectivity index (χ4v) is 3.64. The molecule has 0 aliphatic heterocycles.